The van der Waals surface area contributed by atoms with Crippen molar-refractivity contribution in [1.82, 2.24) is 9.97 Å². The molecule has 80 valence electrons. The summed E-state index contributed by atoms with van der Waals surface area (Å²) in [5.74, 6) is 0. The lowest BCUT2D eigenvalue weighted by molar-refractivity contribution is -0.672. The lowest BCUT2D eigenvalue weighted by Crippen LogP contribution is -2.25. The van der Waals surface area contributed by atoms with Gasteiger partial charge in [-0.05, 0) is 0 Å². The molecule has 4 nitrogen and oxygen atoms in total. The van der Waals surface area contributed by atoms with Crippen molar-refractivity contribution in [1.29, 1.82) is 0 Å². The molecule has 2 aromatic heterocycles. The van der Waals surface area contributed by atoms with Crippen molar-refractivity contribution < 1.29 is 9.13 Å². The summed E-state index contributed by atoms with van der Waals surface area (Å²) in [6.45, 7) is 0. The number of rotatable bonds is 0. The molecule has 2 heterocycles. The molecule has 2 rings (SSSR count). The van der Waals surface area contributed by atoms with Crippen molar-refractivity contribution in [3.05, 3.63) is 49.6 Å². The van der Waals surface area contributed by atoms with E-state index in [0.717, 1.165) is 0 Å². The minimum atomic E-state index is 0. The molecule has 0 saturated heterocycles. The van der Waals surface area contributed by atoms with Crippen LogP contribution in [0.5, 0.6) is 0 Å². The Morgan fingerprint density at radius 1 is 0.667 bits per heavy atom. The Morgan fingerprint density at radius 3 is 1.07 bits per heavy atom. The highest BCUT2D eigenvalue weighted by atomic mass is 127. The van der Waals surface area contributed by atoms with Crippen LogP contribution in [0.1, 0.15) is 0 Å². The van der Waals surface area contributed by atoms with Crippen LogP contribution in [0.2, 0.25) is 0 Å². The summed E-state index contributed by atoms with van der Waals surface area (Å²) in [5.41, 5.74) is 0. The first kappa shape index (κ1) is 13.9. The molecule has 0 unspecified atom stereocenters. The second-order valence-corrected chi connectivity index (χ2v) is 2.82. The summed E-state index contributed by atoms with van der Waals surface area (Å²) in [6, 6.07) is 0. The fourth-order valence-electron chi connectivity index (χ4n) is 0.773. The maximum absolute atomic E-state index is 3.82. The molecule has 0 bridgehead atoms. The smallest absolute Gasteiger partial charge is 0.186 e. The summed E-state index contributed by atoms with van der Waals surface area (Å²) in [7, 11) is 3.92. The number of aryl methyl sites for hydroxylation is 2. The van der Waals surface area contributed by atoms with Crippen molar-refractivity contribution in [2.75, 3.05) is 0 Å². The van der Waals surface area contributed by atoms with Gasteiger partial charge in [-0.15, -0.1) is 24.0 Å². The number of aromatic nitrogens is 4. The Morgan fingerprint density at radius 2 is 0.933 bits per heavy atom. The van der Waals surface area contributed by atoms with E-state index in [4.69, 9.17) is 0 Å². The predicted octanol–water partition coefficient (Wildman–Crippen LogP) is 0.430. The van der Waals surface area contributed by atoms with E-state index in [1.807, 2.05) is 48.0 Å². The highest BCUT2D eigenvalue weighted by Crippen LogP contribution is 1.63. The molecule has 15 heavy (non-hydrogen) atoms. The Bertz CT molecular complexity index is 315. The monoisotopic (exact) mass is 318 g/mol. The van der Waals surface area contributed by atoms with Gasteiger partial charge in [0, 0.05) is 0 Å². The molecular formula is C10H15IN4+2. The van der Waals surface area contributed by atoms with Crippen LogP contribution in [0.25, 0.3) is 0 Å². The minimum absolute atomic E-state index is 0. The predicted molar refractivity (Wildman–Crippen MR) is 66.2 cm³/mol. The molecule has 0 aromatic carbocycles. The third-order valence-corrected chi connectivity index (χ3v) is 1.55. The third-order valence-electron chi connectivity index (χ3n) is 1.55. The molecule has 5 heteroatoms. The first-order valence-corrected chi connectivity index (χ1v) is 4.29. The van der Waals surface area contributed by atoms with Gasteiger partial charge in [-0.2, -0.15) is 0 Å². The fraction of sp³-hybridized carbons (Fsp3) is 0.200. The van der Waals surface area contributed by atoms with Gasteiger partial charge in [0.25, 0.3) is 0 Å². The average molecular weight is 318 g/mol. The first-order chi connectivity index (χ1) is 6.79. The molecule has 0 aliphatic heterocycles. The van der Waals surface area contributed by atoms with Crippen LogP contribution >= 0.6 is 24.0 Å². The van der Waals surface area contributed by atoms with E-state index in [1.165, 1.54) is 0 Å². The van der Waals surface area contributed by atoms with Gasteiger partial charge in [-0.3, -0.25) is 9.97 Å². The van der Waals surface area contributed by atoms with E-state index < -0.39 is 0 Å². The second-order valence-electron chi connectivity index (χ2n) is 2.82. The van der Waals surface area contributed by atoms with Crippen molar-refractivity contribution >= 4 is 24.0 Å². The van der Waals surface area contributed by atoms with Crippen LogP contribution in [0.4, 0.5) is 0 Å². The van der Waals surface area contributed by atoms with E-state index in [9.17, 15) is 0 Å². The maximum Gasteiger partial charge on any atom is 0.186 e. The van der Waals surface area contributed by atoms with Crippen molar-refractivity contribution in [2.45, 2.75) is 0 Å². The number of hydrogen-bond donors (Lipinski definition) is 0. The quantitative estimate of drug-likeness (QED) is 0.521. The second kappa shape index (κ2) is 8.22. The van der Waals surface area contributed by atoms with Gasteiger partial charge in [0.1, 0.15) is 14.1 Å². The van der Waals surface area contributed by atoms with Crippen molar-refractivity contribution in [3.63, 3.8) is 0 Å². The van der Waals surface area contributed by atoms with Gasteiger partial charge < -0.3 is 0 Å². The number of nitrogens with zero attached hydrogens (tertiary/aromatic N) is 4. The van der Waals surface area contributed by atoms with Crippen LogP contribution in [-0.2, 0) is 14.1 Å². The molecule has 0 fully saturated rings. The van der Waals surface area contributed by atoms with E-state index in [2.05, 4.69) is 9.97 Å². The molecule has 0 spiro atoms. The molecule has 0 aliphatic carbocycles. The summed E-state index contributed by atoms with van der Waals surface area (Å²) in [4.78, 5) is 7.65. The average Bonchev–Trinajstić information content (AvgIpc) is 2.21. The molecule has 0 radical (unpaired) electrons. The molecule has 0 aliphatic rings. The van der Waals surface area contributed by atoms with Gasteiger partial charge in [-0.1, -0.05) is 0 Å². The Hall–Kier alpha value is -1.11. The van der Waals surface area contributed by atoms with Gasteiger partial charge in [0.2, 0.25) is 0 Å². The van der Waals surface area contributed by atoms with E-state index in [-0.39, 0.29) is 24.0 Å². The molecule has 0 amide bonds. The van der Waals surface area contributed by atoms with Crippen LogP contribution in [0, 0.1) is 0 Å². The van der Waals surface area contributed by atoms with Crippen molar-refractivity contribution in [3.8, 4) is 0 Å². The largest absolute Gasteiger partial charge is 0.252 e. The Kier molecular flexibility index (Phi) is 7.61. The zero-order chi connectivity index (χ0) is 10.2. The van der Waals surface area contributed by atoms with Crippen LogP contribution in [0.15, 0.2) is 49.6 Å². The number of halogens is 1. The van der Waals surface area contributed by atoms with E-state index in [1.54, 1.807) is 24.8 Å². The highest BCUT2D eigenvalue weighted by molar-refractivity contribution is 14.0. The van der Waals surface area contributed by atoms with E-state index in [0.29, 0.717) is 0 Å². The molecule has 2 aromatic rings. The normalized spacial score (nSPS) is 8.13. The summed E-state index contributed by atoms with van der Waals surface area (Å²) in [6.07, 6.45) is 14.6. The van der Waals surface area contributed by atoms with Gasteiger partial charge in [0.05, 0.1) is 24.8 Å². The molecule has 0 N–H and O–H groups in total. The maximum atomic E-state index is 3.82. The minimum Gasteiger partial charge on any atom is -0.252 e. The number of hydrogen-bond acceptors (Lipinski definition) is 2. The van der Waals surface area contributed by atoms with Gasteiger partial charge in [0.15, 0.2) is 24.8 Å². The summed E-state index contributed by atoms with van der Waals surface area (Å²) in [5, 5.41) is 0. The van der Waals surface area contributed by atoms with Crippen molar-refractivity contribution in [2.24, 2.45) is 14.1 Å². The topological polar surface area (TPSA) is 33.5 Å². The zero-order valence-corrected chi connectivity index (χ0v) is 11.1. The molecular weight excluding hydrogens is 303 g/mol. The lowest BCUT2D eigenvalue weighted by atomic mass is 10.7. The third kappa shape index (κ3) is 6.89. The lowest BCUT2D eigenvalue weighted by Gasteiger charge is -1.77. The fourth-order valence-corrected chi connectivity index (χ4v) is 0.773. The SMILES string of the molecule is C[n+]1ccncc1.C[n+]1ccncc1.I. The molecule has 0 atom stereocenters. The van der Waals surface area contributed by atoms with Gasteiger partial charge >= 0.3 is 0 Å². The van der Waals surface area contributed by atoms with Gasteiger partial charge in [-0.25, -0.2) is 9.13 Å². The first-order valence-electron chi connectivity index (χ1n) is 4.29. The Labute approximate surface area is 107 Å². The zero-order valence-electron chi connectivity index (χ0n) is 8.82. The van der Waals surface area contributed by atoms with E-state index >= 15 is 0 Å². The summed E-state index contributed by atoms with van der Waals surface area (Å²) >= 11 is 0. The summed E-state index contributed by atoms with van der Waals surface area (Å²) < 4.78 is 3.88. The van der Waals surface area contributed by atoms with Crippen LogP contribution < -0.4 is 9.13 Å². The molecule has 0 saturated carbocycles. The standard InChI is InChI=1S/2C5H7N2.HI/c2*1-7-4-2-6-3-5-7;/h2*2-5H,1H3;1H/q2*+1;. The highest BCUT2D eigenvalue weighted by Gasteiger charge is 1.80. The Balaban J connectivity index is 0.000000245. The van der Waals surface area contributed by atoms with Crippen LogP contribution in [-0.4, -0.2) is 9.97 Å². The van der Waals surface area contributed by atoms with Crippen LogP contribution in [0.3, 0.4) is 0 Å².